The van der Waals surface area contributed by atoms with E-state index in [9.17, 15) is 9.59 Å². The van der Waals surface area contributed by atoms with Crippen molar-refractivity contribution in [2.45, 2.75) is 12.6 Å². The van der Waals surface area contributed by atoms with Gasteiger partial charge in [-0.15, -0.1) is 0 Å². The van der Waals surface area contributed by atoms with Crippen molar-refractivity contribution in [3.05, 3.63) is 71.8 Å². The van der Waals surface area contributed by atoms with Crippen LogP contribution in [0.15, 0.2) is 60.7 Å². The number of nitrogens with zero attached hydrogens (tertiary/aromatic N) is 3. The molecule has 0 saturated carbocycles. The summed E-state index contributed by atoms with van der Waals surface area (Å²) in [5, 5.41) is 2.99. The lowest BCUT2D eigenvalue weighted by atomic mass is 10.1. The van der Waals surface area contributed by atoms with Crippen LogP contribution in [0.25, 0.3) is 0 Å². The van der Waals surface area contributed by atoms with Gasteiger partial charge in [-0.05, 0) is 17.7 Å². The van der Waals surface area contributed by atoms with Crippen molar-refractivity contribution in [1.82, 2.24) is 20.0 Å². The molecular formula is C26H34N4O4. The van der Waals surface area contributed by atoms with E-state index in [0.29, 0.717) is 44.9 Å². The number of ether oxygens (including phenoxy) is 2. The Kier molecular flexibility index (Phi) is 8.90. The summed E-state index contributed by atoms with van der Waals surface area (Å²) in [4.78, 5) is 32.0. The smallest absolute Gasteiger partial charge is 0.317 e. The Bertz CT molecular complexity index is 906. The van der Waals surface area contributed by atoms with Crippen LogP contribution in [0.1, 0.15) is 15.9 Å². The Labute approximate surface area is 201 Å². The molecule has 0 aromatic heterocycles. The maximum absolute atomic E-state index is 13.3. The number of rotatable bonds is 8. The second kappa shape index (κ2) is 12.5. The van der Waals surface area contributed by atoms with Gasteiger partial charge in [0.1, 0.15) is 0 Å². The van der Waals surface area contributed by atoms with Crippen molar-refractivity contribution < 1.29 is 19.1 Å². The lowest BCUT2D eigenvalue weighted by Gasteiger charge is -2.36. The standard InChI is InChI=1S/C26H34N4O4/c31-25(23-9-5-2-6-10-23)29(12-11-28-13-16-33-17-14-28)20-24-21-30(15-18-34-24)26(32)27-19-22-7-3-1-4-8-22/h1-10,24H,11-21H2,(H,27,32). The molecule has 8 heteroatoms. The molecule has 182 valence electrons. The summed E-state index contributed by atoms with van der Waals surface area (Å²) in [7, 11) is 0. The van der Waals surface area contributed by atoms with Crippen LogP contribution in [0.3, 0.4) is 0 Å². The van der Waals surface area contributed by atoms with Gasteiger partial charge in [-0.2, -0.15) is 0 Å². The molecule has 0 aliphatic carbocycles. The summed E-state index contributed by atoms with van der Waals surface area (Å²) in [5.74, 6) is -0.0110. The summed E-state index contributed by atoms with van der Waals surface area (Å²) in [5.41, 5.74) is 1.72. The number of carbonyl (C=O) groups is 2. The van der Waals surface area contributed by atoms with Crippen LogP contribution in [0.2, 0.25) is 0 Å². The van der Waals surface area contributed by atoms with Gasteiger partial charge in [-0.3, -0.25) is 9.69 Å². The minimum Gasteiger partial charge on any atom is -0.379 e. The first kappa shape index (κ1) is 24.2. The highest BCUT2D eigenvalue weighted by atomic mass is 16.5. The second-order valence-corrected chi connectivity index (χ2v) is 8.65. The lowest BCUT2D eigenvalue weighted by Crippen LogP contribution is -2.53. The van der Waals surface area contributed by atoms with Crippen LogP contribution in [-0.2, 0) is 16.0 Å². The Balaban J connectivity index is 1.35. The van der Waals surface area contributed by atoms with E-state index >= 15 is 0 Å². The van der Waals surface area contributed by atoms with Gasteiger partial charge in [0.15, 0.2) is 0 Å². The van der Waals surface area contributed by atoms with Gasteiger partial charge >= 0.3 is 6.03 Å². The summed E-state index contributed by atoms with van der Waals surface area (Å²) in [6.07, 6.45) is -0.228. The lowest BCUT2D eigenvalue weighted by molar-refractivity contribution is -0.0297. The zero-order valence-electron chi connectivity index (χ0n) is 19.6. The van der Waals surface area contributed by atoms with Gasteiger partial charge < -0.3 is 24.6 Å². The number of carbonyl (C=O) groups excluding carboxylic acids is 2. The Morgan fingerprint density at radius 3 is 2.38 bits per heavy atom. The molecule has 0 spiro atoms. The number of urea groups is 1. The number of nitrogens with one attached hydrogen (secondary N) is 1. The molecule has 2 fully saturated rings. The summed E-state index contributed by atoms with van der Waals surface area (Å²) < 4.78 is 11.4. The highest BCUT2D eigenvalue weighted by molar-refractivity contribution is 5.94. The number of amides is 3. The van der Waals surface area contributed by atoms with Crippen molar-refractivity contribution >= 4 is 11.9 Å². The van der Waals surface area contributed by atoms with Gasteiger partial charge in [-0.25, -0.2) is 4.79 Å². The summed E-state index contributed by atoms with van der Waals surface area (Å²) in [6.45, 7) is 6.99. The summed E-state index contributed by atoms with van der Waals surface area (Å²) in [6, 6.07) is 19.1. The molecule has 1 N–H and O–H groups in total. The number of hydrogen-bond donors (Lipinski definition) is 1. The molecule has 2 saturated heterocycles. The molecule has 2 heterocycles. The van der Waals surface area contributed by atoms with E-state index in [4.69, 9.17) is 9.47 Å². The average Bonchev–Trinajstić information content (AvgIpc) is 2.91. The fourth-order valence-electron chi connectivity index (χ4n) is 4.27. The Hall–Kier alpha value is -2.94. The second-order valence-electron chi connectivity index (χ2n) is 8.65. The SMILES string of the molecule is O=C(NCc1ccccc1)N1CCOC(CN(CCN2CCOCC2)C(=O)c2ccccc2)C1. The molecule has 2 aromatic carbocycles. The molecule has 34 heavy (non-hydrogen) atoms. The minimum absolute atomic E-state index is 0.0110. The molecule has 0 bridgehead atoms. The molecule has 8 nitrogen and oxygen atoms in total. The number of morpholine rings is 2. The van der Waals surface area contributed by atoms with E-state index in [1.165, 1.54) is 0 Å². The Morgan fingerprint density at radius 2 is 1.65 bits per heavy atom. The minimum atomic E-state index is -0.228. The molecular weight excluding hydrogens is 432 g/mol. The molecule has 0 radical (unpaired) electrons. The maximum Gasteiger partial charge on any atom is 0.317 e. The summed E-state index contributed by atoms with van der Waals surface area (Å²) >= 11 is 0. The predicted molar refractivity (Wildman–Crippen MR) is 130 cm³/mol. The van der Waals surface area contributed by atoms with Gasteiger partial charge in [0.2, 0.25) is 0 Å². The zero-order valence-corrected chi connectivity index (χ0v) is 19.6. The topological polar surface area (TPSA) is 74.4 Å². The first-order chi connectivity index (χ1) is 16.7. The molecule has 3 amide bonds. The zero-order chi connectivity index (χ0) is 23.6. The van der Waals surface area contributed by atoms with Crippen LogP contribution >= 0.6 is 0 Å². The first-order valence-corrected chi connectivity index (χ1v) is 12.0. The molecule has 1 atom stereocenters. The Morgan fingerprint density at radius 1 is 0.941 bits per heavy atom. The molecule has 2 aliphatic heterocycles. The highest BCUT2D eigenvalue weighted by Crippen LogP contribution is 2.12. The maximum atomic E-state index is 13.3. The quantitative estimate of drug-likeness (QED) is 0.645. The van der Waals surface area contributed by atoms with Crippen LogP contribution < -0.4 is 5.32 Å². The van der Waals surface area contributed by atoms with Gasteiger partial charge in [-0.1, -0.05) is 48.5 Å². The van der Waals surface area contributed by atoms with Crippen LogP contribution in [0, 0.1) is 0 Å². The van der Waals surface area contributed by atoms with Crippen molar-refractivity contribution in [2.24, 2.45) is 0 Å². The number of hydrogen-bond acceptors (Lipinski definition) is 5. The van der Waals surface area contributed by atoms with Gasteiger partial charge in [0.05, 0.1) is 32.5 Å². The van der Waals surface area contributed by atoms with E-state index in [2.05, 4.69) is 10.2 Å². The predicted octanol–water partition coefficient (Wildman–Crippen LogP) is 2.07. The van der Waals surface area contributed by atoms with Crippen LogP contribution in [0.5, 0.6) is 0 Å². The van der Waals surface area contributed by atoms with E-state index in [0.717, 1.165) is 38.4 Å². The van der Waals surface area contributed by atoms with E-state index in [1.54, 1.807) is 4.90 Å². The molecule has 2 aliphatic rings. The van der Waals surface area contributed by atoms with Crippen LogP contribution in [-0.4, -0.2) is 98.4 Å². The monoisotopic (exact) mass is 466 g/mol. The normalized spacial score (nSPS) is 18.9. The molecule has 2 aromatic rings. The highest BCUT2D eigenvalue weighted by Gasteiger charge is 2.28. The third-order valence-electron chi connectivity index (χ3n) is 6.23. The largest absolute Gasteiger partial charge is 0.379 e. The van der Waals surface area contributed by atoms with Crippen molar-refractivity contribution in [2.75, 3.05) is 65.6 Å². The van der Waals surface area contributed by atoms with E-state index < -0.39 is 0 Å². The van der Waals surface area contributed by atoms with E-state index in [-0.39, 0.29) is 18.0 Å². The first-order valence-electron chi connectivity index (χ1n) is 12.0. The van der Waals surface area contributed by atoms with Crippen LogP contribution in [0.4, 0.5) is 4.79 Å². The average molecular weight is 467 g/mol. The van der Waals surface area contributed by atoms with E-state index in [1.807, 2.05) is 65.6 Å². The third-order valence-corrected chi connectivity index (χ3v) is 6.23. The fourth-order valence-corrected chi connectivity index (χ4v) is 4.27. The fraction of sp³-hybridized carbons (Fsp3) is 0.462. The van der Waals surface area contributed by atoms with Crippen molar-refractivity contribution in [3.63, 3.8) is 0 Å². The molecule has 4 rings (SSSR count). The van der Waals surface area contributed by atoms with Crippen molar-refractivity contribution in [1.29, 1.82) is 0 Å². The van der Waals surface area contributed by atoms with Gasteiger partial charge in [0.25, 0.3) is 5.91 Å². The number of benzene rings is 2. The van der Waals surface area contributed by atoms with Gasteiger partial charge in [0, 0.05) is 51.4 Å². The van der Waals surface area contributed by atoms with Crippen molar-refractivity contribution in [3.8, 4) is 0 Å². The third kappa shape index (κ3) is 7.03. The molecule has 1 unspecified atom stereocenters.